The summed E-state index contributed by atoms with van der Waals surface area (Å²) in [6, 6.07) is 6.42. The summed E-state index contributed by atoms with van der Waals surface area (Å²) < 4.78 is 5.33. The monoisotopic (exact) mass is 298 g/mol. The maximum absolute atomic E-state index is 5.33. The summed E-state index contributed by atoms with van der Waals surface area (Å²) in [7, 11) is 1.72. The van der Waals surface area contributed by atoms with Gasteiger partial charge in [-0.15, -0.1) is 6.58 Å². The molecule has 0 saturated carbocycles. The van der Waals surface area contributed by atoms with E-state index in [1.165, 1.54) is 22.3 Å². The molecule has 0 amide bonds. The van der Waals surface area contributed by atoms with Gasteiger partial charge in [0.1, 0.15) is 5.75 Å². The zero-order chi connectivity index (χ0) is 16.4. The minimum absolute atomic E-state index is 0.946. The van der Waals surface area contributed by atoms with E-state index in [2.05, 4.69) is 57.7 Å². The summed E-state index contributed by atoms with van der Waals surface area (Å²) in [4.78, 5) is 0. The SMILES string of the molecule is C=CCCC(C)=CCCC(C)=CCc1cc(C)cc(OC)c1. The second-order valence-corrected chi connectivity index (χ2v) is 6.03. The Morgan fingerprint density at radius 3 is 2.41 bits per heavy atom. The molecule has 0 aliphatic carbocycles. The van der Waals surface area contributed by atoms with E-state index >= 15 is 0 Å². The molecule has 0 fully saturated rings. The number of rotatable bonds is 9. The molecule has 0 radical (unpaired) electrons. The molecule has 1 aromatic carbocycles. The molecule has 0 aliphatic rings. The quantitative estimate of drug-likeness (QED) is 0.494. The van der Waals surface area contributed by atoms with E-state index in [1.54, 1.807) is 7.11 Å². The Bertz CT molecular complexity index is 535. The van der Waals surface area contributed by atoms with E-state index in [0.717, 1.165) is 37.9 Å². The normalized spacial score (nSPS) is 12.4. The maximum atomic E-state index is 5.33. The Labute approximate surface area is 136 Å². The van der Waals surface area contributed by atoms with Gasteiger partial charge in [-0.2, -0.15) is 0 Å². The van der Waals surface area contributed by atoms with Crippen molar-refractivity contribution in [2.45, 2.75) is 52.9 Å². The number of allylic oxidation sites excluding steroid dienone is 5. The van der Waals surface area contributed by atoms with Gasteiger partial charge in [-0.1, -0.05) is 35.4 Å². The Hall–Kier alpha value is -1.76. The summed E-state index contributed by atoms with van der Waals surface area (Å²) >= 11 is 0. The van der Waals surface area contributed by atoms with Crippen molar-refractivity contribution in [2.75, 3.05) is 7.11 Å². The van der Waals surface area contributed by atoms with Crippen LogP contribution in [-0.2, 0) is 6.42 Å². The van der Waals surface area contributed by atoms with Crippen molar-refractivity contribution < 1.29 is 4.74 Å². The first kappa shape index (κ1) is 18.3. The highest BCUT2D eigenvalue weighted by atomic mass is 16.5. The van der Waals surface area contributed by atoms with Crippen molar-refractivity contribution >= 4 is 0 Å². The van der Waals surface area contributed by atoms with Gasteiger partial charge in [0.25, 0.3) is 0 Å². The lowest BCUT2D eigenvalue weighted by molar-refractivity contribution is 0.414. The van der Waals surface area contributed by atoms with Gasteiger partial charge < -0.3 is 4.74 Å². The van der Waals surface area contributed by atoms with E-state index in [1.807, 2.05) is 6.08 Å². The minimum Gasteiger partial charge on any atom is -0.497 e. The van der Waals surface area contributed by atoms with E-state index in [4.69, 9.17) is 4.74 Å². The van der Waals surface area contributed by atoms with Crippen LogP contribution in [0.5, 0.6) is 5.75 Å². The van der Waals surface area contributed by atoms with Crippen molar-refractivity contribution in [3.63, 3.8) is 0 Å². The average Bonchev–Trinajstić information content (AvgIpc) is 2.50. The molecule has 0 saturated heterocycles. The van der Waals surface area contributed by atoms with Crippen molar-refractivity contribution in [3.05, 3.63) is 65.3 Å². The largest absolute Gasteiger partial charge is 0.497 e. The highest BCUT2D eigenvalue weighted by Crippen LogP contribution is 2.18. The fourth-order valence-electron chi connectivity index (χ4n) is 2.43. The van der Waals surface area contributed by atoms with E-state index in [9.17, 15) is 0 Å². The van der Waals surface area contributed by atoms with Crippen molar-refractivity contribution in [2.24, 2.45) is 0 Å². The number of hydrogen-bond donors (Lipinski definition) is 0. The van der Waals surface area contributed by atoms with Crippen LogP contribution in [0.1, 0.15) is 50.7 Å². The Kier molecular flexibility index (Phi) is 8.35. The molecule has 0 spiro atoms. The van der Waals surface area contributed by atoms with Crippen molar-refractivity contribution in [1.29, 1.82) is 0 Å². The van der Waals surface area contributed by atoms with Gasteiger partial charge in [0.2, 0.25) is 0 Å². The zero-order valence-electron chi connectivity index (χ0n) is 14.6. The highest BCUT2D eigenvalue weighted by Gasteiger charge is 1.98. The molecular formula is C21H30O. The van der Waals surface area contributed by atoms with Crippen LogP contribution < -0.4 is 4.74 Å². The number of hydrogen-bond acceptors (Lipinski definition) is 1. The Balaban J connectivity index is 2.49. The fraction of sp³-hybridized carbons (Fsp3) is 0.429. The third-order valence-corrected chi connectivity index (χ3v) is 3.81. The second kappa shape index (κ2) is 10.0. The van der Waals surface area contributed by atoms with Crippen LogP contribution in [-0.4, -0.2) is 7.11 Å². The number of methoxy groups -OCH3 is 1. The van der Waals surface area contributed by atoms with Crippen LogP contribution in [0.15, 0.2) is 54.2 Å². The standard InChI is InChI=1S/C21H30O/c1-6-7-9-17(2)10-8-11-18(3)12-13-20-14-19(4)15-21(16-20)22-5/h6,10,12,14-16H,1,7-9,11,13H2,2-5H3. The number of ether oxygens (including phenoxy) is 1. The topological polar surface area (TPSA) is 9.23 Å². The Morgan fingerprint density at radius 2 is 1.73 bits per heavy atom. The van der Waals surface area contributed by atoms with Gasteiger partial charge in [-0.05, 0) is 76.1 Å². The van der Waals surface area contributed by atoms with Gasteiger partial charge in [0, 0.05) is 0 Å². The first-order valence-electron chi connectivity index (χ1n) is 8.12. The lowest BCUT2D eigenvalue weighted by atomic mass is 10.0. The van der Waals surface area contributed by atoms with Crippen LogP contribution in [0.2, 0.25) is 0 Å². The molecular weight excluding hydrogens is 268 g/mol. The van der Waals surface area contributed by atoms with Gasteiger partial charge in [-0.3, -0.25) is 0 Å². The molecule has 1 rings (SSSR count). The van der Waals surface area contributed by atoms with E-state index in [0.29, 0.717) is 0 Å². The number of benzene rings is 1. The molecule has 0 bridgehead atoms. The van der Waals surface area contributed by atoms with E-state index < -0.39 is 0 Å². The molecule has 0 N–H and O–H groups in total. The molecule has 0 atom stereocenters. The predicted octanol–water partition coefficient (Wildman–Crippen LogP) is 6.19. The third-order valence-electron chi connectivity index (χ3n) is 3.81. The molecule has 120 valence electrons. The fourth-order valence-corrected chi connectivity index (χ4v) is 2.43. The van der Waals surface area contributed by atoms with Crippen LogP contribution in [0, 0.1) is 6.92 Å². The molecule has 0 unspecified atom stereocenters. The van der Waals surface area contributed by atoms with Gasteiger partial charge in [0.05, 0.1) is 7.11 Å². The predicted molar refractivity (Wildman–Crippen MR) is 97.6 cm³/mol. The lowest BCUT2D eigenvalue weighted by Gasteiger charge is -2.06. The summed E-state index contributed by atoms with van der Waals surface area (Å²) in [6.07, 6.45) is 12.1. The van der Waals surface area contributed by atoms with Crippen LogP contribution in [0.3, 0.4) is 0 Å². The molecule has 22 heavy (non-hydrogen) atoms. The molecule has 0 aromatic heterocycles. The summed E-state index contributed by atoms with van der Waals surface area (Å²) in [5, 5.41) is 0. The number of aryl methyl sites for hydroxylation is 1. The van der Waals surface area contributed by atoms with E-state index in [-0.39, 0.29) is 0 Å². The molecule has 1 nitrogen and oxygen atoms in total. The molecule has 1 heteroatoms. The zero-order valence-corrected chi connectivity index (χ0v) is 14.6. The van der Waals surface area contributed by atoms with Crippen LogP contribution in [0.25, 0.3) is 0 Å². The van der Waals surface area contributed by atoms with Crippen molar-refractivity contribution in [3.8, 4) is 5.75 Å². The van der Waals surface area contributed by atoms with Gasteiger partial charge >= 0.3 is 0 Å². The molecule has 0 heterocycles. The maximum Gasteiger partial charge on any atom is 0.119 e. The Morgan fingerprint density at radius 1 is 1.05 bits per heavy atom. The average molecular weight is 298 g/mol. The third kappa shape index (κ3) is 7.31. The molecule has 1 aromatic rings. The van der Waals surface area contributed by atoms with Crippen LogP contribution >= 0.6 is 0 Å². The van der Waals surface area contributed by atoms with Gasteiger partial charge in [-0.25, -0.2) is 0 Å². The summed E-state index contributed by atoms with van der Waals surface area (Å²) in [6.45, 7) is 10.3. The highest BCUT2D eigenvalue weighted by molar-refractivity contribution is 5.35. The smallest absolute Gasteiger partial charge is 0.119 e. The molecule has 0 aliphatic heterocycles. The van der Waals surface area contributed by atoms with Gasteiger partial charge in [0.15, 0.2) is 0 Å². The minimum atomic E-state index is 0.946. The first-order chi connectivity index (χ1) is 10.5. The summed E-state index contributed by atoms with van der Waals surface area (Å²) in [5.41, 5.74) is 5.49. The second-order valence-electron chi connectivity index (χ2n) is 6.03. The summed E-state index contributed by atoms with van der Waals surface area (Å²) in [5.74, 6) is 0.946. The van der Waals surface area contributed by atoms with Crippen molar-refractivity contribution in [1.82, 2.24) is 0 Å². The lowest BCUT2D eigenvalue weighted by Crippen LogP contribution is -1.89. The first-order valence-corrected chi connectivity index (χ1v) is 8.12. The van der Waals surface area contributed by atoms with Crippen LogP contribution in [0.4, 0.5) is 0 Å².